The smallest absolute Gasteiger partial charge is 0.147 e. The van der Waals surface area contributed by atoms with Crippen LogP contribution in [-0.4, -0.2) is 57.8 Å². The maximum Gasteiger partial charge on any atom is 0.147 e. The molecule has 2 aromatic rings. The number of hydrogen-bond donors (Lipinski definition) is 0. The number of halogens is 1. The van der Waals surface area contributed by atoms with E-state index in [4.69, 9.17) is 11.6 Å². The summed E-state index contributed by atoms with van der Waals surface area (Å²) in [5.74, 6) is 2.68. The standard InChI is InChI=1S/C20H30ClN5/c1-16-22-20(25(3)23-16)15-24(2)14-18-9-12-26(13-10-18)11-8-17-4-6-19(21)7-5-17/h4-7,18H,8-15H2,1-3H3. The molecule has 3 rings (SSSR count). The molecule has 1 fully saturated rings. The summed E-state index contributed by atoms with van der Waals surface area (Å²) in [6, 6.07) is 8.24. The first-order valence-electron chi connectivity index (χ1n) is 9.51. The number of piperidine rings is 1. The monoisotopic (exact) mass is 375 g/mol. The second-order valence-corrected chi connectivity index (χ2v) is 7.99. The van der Waals surface area contributed by atoms with E-state index in [2.05, 4.69) is 39.1 Å². The minimum absolute atomic E-state index is 0.779. The third-order valence-electron chi connectivity index (χ3n) is 5.28. The van der Waals surface area contributed by atoms with Crippen LogP contribution in [0.2, 0.25) is 5.02 Å². The summed E-state index contributed by atoms with van der Waals surface area (Å²) in [5.41, 5.74) is 1.37. The Hall–Kier alpha value is -1.43. The van der Waals surface area contributed by atoms with Crippen LogP contribution < -0.4 is 0 Å². The quantitative estimate of drug-likeness (QED) is 0.744. The molecule has 0 N–H and O–H groups in total. The lowest BCUT2D eigenvalue weighted by Crippen LogP contribution is -2.38. The van der Waals surface area contributed by atoms with Gasteiger partial charge in [-0.3, -0.25) is 9.58 Å². The van der Waals surface area contributed by atoms with Gasteiger partial charge < -0.3 is 4.90 Å². The Bertz CT molecular complexity index is 689. The zero-order valence-electron chi connectivity index (χ0n) is 16.2. The number of nitrogens with zero attached hydrogens (tertiary/aromatic N) is 5. The Labute approximate surface area is 162 Å². The minimum atomic E-state index is 0.779. The van der Waals surface area contributed by atoms with Gasteiger partial charge in [-0.05, 0) is 69.9 Å². The summed E-state index contributed by atoms with van der Waals surface area (Å²) >= 11 is 5.96. The Morgan fingerprint density at radius 1 is 1.19 bits per heavy atom. The Morgan fingerprint density at radius 2 is 1.88 bits per heavy atom. The molecule has 26 heavy (non-hydrogen) atoms. The second kappa shape index (κ2) is 8.98. The van der Waals surface area contributed by atoms with Gasteiger partial charge in [-0.1, -0.05) is 23.7 Å². The molecule has 1 saturated heterocycles. The Balaban J connectivity index is 1.38. The summed E-state index contributed by atoms with van der Waals surface area (Å²) in [5, 5.41) is 5.15. The van der Waals surface area contributed by atoms with E-state index in [-0.39, 0.29) is 0 Å². The van der Waals surface area contributed by atoms with Crippen LogP contribution in [0.1, 0.15) is 30.1 Å². The van der Waals surface area contributed by atoms with Gasteiger partial charge in [0, 0.05) is 25.2 Å². The molecule has 5 nitrogen and oxygen atoms in total. The normalized spacial score (nSPS) is 16.5. The first kappa shape index (κ1) is 19.3. The Morgan fingerprint density at radius 3 is 2.50 bits per heavy atom. The zero-order chi connectivity index (χ0) is 18.5. The van der Waals surface area contributed by atoms with E-state index in [1.54, 1.807) is 0 Å². The molecule has 0 amide bonds. The van der Waals surface area contributed by atoms with Crippen LogP contribution in [0.3, 0.4) is 0 Å². The number of aryl methyl sites for hydroxylation is 2. The van der Waals surface area contributed by atoms with Crippen molar-refractivity contribution in [2.24, 2.45) is 13.0 Å². The van der Waals surface area contributed by atoms with Gasteiger partial charge in [0.05, 0.1) is 6.54 Å². The van der Waals surface area contributed by atoms with Crippen molar-refractivity contribution < 1.29 is 0 Å². The second-order valence-electron chi connectivity index (χ2n) is 7.56. The first-order chi connectivity index (χ1) is 12.5. The maximum atomic E-state index is 5.96. The molecule has 2 heterocycles. The SMILES string of the molecule is Cc1nc(CN(C)CC2CCN(CCc3ccc(Cl)cc3)CC2)n(C)n1. The van der Waals surface area contributed by atoms with Gasteiger partial charge in [0.15, 0.2) is 0 Å². The van der Waals surface area contributed by atoms with E-state index >= 15 is 0 Å². The molecule has 1 aromatic heterocycles. The molecule has 1 aromatic carbocycles. The van der Waals surface area contributed by atoms with Crippen molar-refractivity contribution in [2.75, 3.05) is 33.2 Å². The minimum Gasteiger partial charge on any atom is -0.303 e. The van der Waals surface area contributed by atoms with Crippen molar-refractivity contribution in [3.8, 4) is 0 Å². The fourth-order valence-electron chi connectivity index (χ4n) is 3.77. The molecule has 0 bridgehead atoms. The van der Waals surface area contributed by atoms with E-state index in [1.165, 1.54) is 31.5 Å². The van der Waals surface area contributed by atoms with Crippen LogP contribution in [0.25, 0.3) is 0 Å². The summed E-state index contributed by atoms with van der Waals surface area (Å²) in [6.45, 7) is 7.50. The number of likely N-dealkylation sites (tertiary alicyclic amines) is 1. The van der Waals surface area contributed by atoms with Crippen molar-refractivity contribution in [1.29, 1.82) is 0 Å². The summed E-state index contributed by atoms with van der Waals surface area (Å²) < 4.78 is 1.89. The van der Waals surface area contributed by atoms with E-state index < -0.39 is 0 Å². The lowest BCUT2D eigenvalue weighted by atomic mass is 9.96. The predicted molar refractivity (Wildman–Crippen MR) is 106 cm³/mol. The van der Waals surface area contributed by atoms with Gasteiger partial charge in [-0.15, -0.1) is 0 Å². The topological polar surface area (TPSA) is 37.2 Å². The molecule has 0 spiro atoms. The first-order valence-corrected chi connectivity index (χ1v) is 9.89. The average molecular weight is 376 g/mol. The van der Waals surface area contributed by atoms with Gasteiger partial charge in [-0.25, -0.2) is 4.98 Å². The van der Waals surface area contributed by atoms with Crippen LogP contribution in [0, 0.1) is 12.8 Å². The summed E-state index contributed by atoms with van der Waals surface area (Å²) in [7, 11) is 4.17. The lowest BCUT2D eigenvalue weighted by Gasteiger charge is -2.33. The van der Waals surface area contributed by atoms with Crippen molar-refractivity contribution in [1.82, 2.24) is 24.6 Å². The predicted octanol–water partition coefficient (Wildman–Crippen LogP) is 3.16. The van der Waals surface area contributed by atoms with Crippen LogP contribution >= 0.6 is 11.6 Å². The van der Waals surface area contributed by atoms with Gasteiger partial charge in [0.1, 0.15) is 11.6 Å². The number of hydrogen-bond acceptors (Lipinski definition) is 4. The molecule has 0 atom stereocenters. The zero-order valence-corrected chi connectivity index (χ0v) is 16.9. The van der Waals surface area contributed by atoms with Crippen molar-refractivity contribution >= 4 is 11.6 Å². The molecule has 0 radical (unpaired) electrons. The van der Waals surface area contributed by atoms with Gasteiger partial charge in [0.2, 0.25) is 0 Å². The van der Waals surface area contributed by atoms with Crippen molar-refractivity contribution in [3.63, 3.8) is 0 Å². The molecular weight excluding hydrogens is 346 g/mol. The molecule has 1 aliphatic heterocycles. The van der Waals surface area contributed by atoms with Crippen molar-refractivity contribution in [3.05, 3.63) is 46.5 Å². The van der Waals surface area contributed by atoms with E-state index in [9.17, 15) is 0 Å². The van der Waals surface area contributed by atoms with E-state index in [0.717, 1.165) is 48.6 Å². The van der Waals surface area contributed by atoms with E-state index in [1.807, 2.05) is 30.8 Å². The molecule has 0 unspecified atom stereocenters. The average Bonchev–Trinajstić information content (AvgIpc) is 2.92. The van der Waals surface area contributed by atoms with Crippen LogP contribution in [0.15, 0.2) is 24.3 Å². The highest BCUT2D eigenvalue weighted by molar-refractivity contribution is 6.30. The van der Waals surface area contributed by atoms with Crippen LogP contribution in [0.5, 0.6) is 0 Å². The highest BCUT2D eigenvalue weighted by Gasteiger charge is 2.20. The lowest BCUT2D eigenvalue weighted by molar-refractivity contribution is 0.152. The van der Waals surface area contributed by atoms with Gasteiger partial charge in [-0.2, -0.15) is 5.10 Å². The van der Waals surface area contributed by atoms with Crippen LogP contribution in [0.4, 0.5) is 0 Å². The highest BCUT2D eigenvalue weighted by atomic mass is 35.5. The molecule has 6 heteroatoms. The molecule has 142 valence electrons. The summed E-state index contributed by atoms with van der Waals surface area (Å²) in [4.78, 5) is 9.49. The van der Waals surface area contributed by atoms with Gasteiger partial charge >= 0.3 is 0 Å². The maximum absolute atomic E-state index is 5.96. The van der Waals surface area contributed by atoms with Crippen LogP contribution in [-0.2, 0) is 20.0 Å². The number of aromatic nitrogens is 3. The molecular formula is C20H30ClN5. The van der Waals surface area contributed by atoms with E-state index in [0.29, 0.717) is 0 Å². The third-order valence-corrected chi connectivity index (χ3v) is 5.53. The number of benzene rings is 1. The molecule has 0 aliphatic carbocycles. The van der Waals surface area contributed by atoms with Crippen molar-refractivity contribution in [2.45, 2.75) is 32.7 Å². The fourth-order valence-corrected chi connectivity index (χ4v) is 3.90. The Kier molecular flexibility index (Phi) is 6.68. The third kappa shape index (κ3) is 5.53. The largest absolute Gasteiger partial charge is 0.303 e. The highest BCUT2D eigenvalue weighted by Crippen LogP contribution is 2.19. The fraction of sp³-hybridized carbons (Fsp3) is 0.600. The summed E-state index contributed by atoms with van der Waals surface area (Å²) in [6.07, 6.45) is 3.67. The molecule has 1 aliphatic rings. The number of rotatable bonds is 7. The van der Waals surface area contributed by atoms with Gasteiger partial charge in [0.25, 0.3) is 0 Å². The molecule has 0 saturated carbocycles.